The van der Waals surface area contributed by atoms with Crippen LogP contribution in [0.25, 0.3) is 0 Å². The van der Waals surface area contributed by atoms with Crippen LogP contribution in [0.5, 0.6) is 17.2 Å². The lowest BCUT2D eigenvalue weighted by Crippen LogP contribution is -2.39. The van der Waals surface area contributed by atoms with E-state index >= 15 is 0 Å². The molecular weight excluding hydrogens is 500 g/mol. The number of benzene rings is 3. The van der Waals surface area contributed by atoms with Crippen LogP contribution in [0.3, 0.4) is 0 Å². The lowest BCUT2D eigenvalue weighted by molar-refractivity contribution is -0.115. The summed E-state index contributed by atoms with van der Waals surface area (Å²) < 4.78 is 17.0. The van der Waals surface area contributed by atoms with Crippen LogP contribution in [0, 0.1) is 0 Å². The van der Waals surface area contributed by atoms with E-state index in [9.17, 15) is 19.5 Å². The molecule has 4 rings (SSSR count). The van der Waals surface area contributed by atoms with E-state index in [-0.39, 0.29) is 41.8 Å². The van der Waals surface area contributed by atoms with Gasteiger partial charge in [-0.25, -0.2) is 9.59 Å². The average Bonchev–Trinajstić information content (AvgIpc) is 2.92. The fraction of sp³-hybridized carbons (Fsp3) is 0.300. The number of hydrogen-bond acceptors (Lipinski definition) is 6. The van der Waals surface area contributed by atoms with Crippen molar-refractivity contribution in [2.75, 3.05) is 11.9 Å². The maximum absolute atomic E-state index is 12.4. The molecule has 2 amide bonds. The van der Waals surface area contributed by atoms with Crippen molar-refractivity contribution in [1.82, 2.24) is 5.32 Å². The molecule has 0 saturated heterocycles. The fourth-order valence-corrected chi connectivity index (χ4v) is 4.41. The maximum atomic E-state index is 12.4. The zero-order valence-electron chi connectivity index (χ0n) is 21.7. The molecule has 3 N–H and O–H groups in total. The fourth-order valence-electron chi connectivity index (χ4n) is 4.41. The third-order valence-corrected chi connectivity index (χ3v) is 6.35. The predicted molar refractivity (Wildman–Crippen MR) is 146 cm³/mol. The van der Waals surface area contributed by atoms with Gasteiger partial charge in [-0.3, -0.25) is 4.79 Å². The smallest absolute Gasteiger partial charge is 0.407 e. The molecule has 3 aromatic carbocycles. The topological polar surface area (TPSA) is 123 Å². The van der Waals surface area contributed by atoms with Crippen LogP contribution in [0.15, 0.2) is 72.8 Å². The van der Waals surface area contributed by atoms with Gasteiger partial charge in [0.05, 0.1) is 30.4 Å². The Hall–Kier alpha value is -4.53. The summed E-state index contributed by atoms with van der Waals surface area (Å²) in [6, 6.07) is 21.0. The number of para-hydroxylation sites is 1. The Labute approximate surface area is 227 Å². The second-order valence-electron chi connectivity index (χ2n) is 9.25. The summed E-state index contributed by atoms with van der Waals surface area (Å²) in [4.78, 5) is 35.3. The molecule has 0 unspecified atom stereocenters. The highest BCUT2D eigenvalue weighted by atomic mass is 16.5. The van der Waals surface area contributed by atoms with Crippen LogP contribution < -0.4 is 20.1 Å². The lowest BCUT2D eigenvalue weighted by Gasteiger charge is -2.29. The summed E-state index contributed by atoms with van der Waals surface area (Å²) in [5.74, 6) is 0.628. The van der Waals surface area contributed by atoms with Crippen LogP contribution in [-0.4, -0.2) is 41.8 Å². The molecule has 1 saturated carbocycles. The van der Waals surface area contributed by atoms with Crippen molar-refractivity contribution >= 4 is 23.7 Å². The number of hydrogen-bond donors (Lipinski definition) is 3. The van der Waals surface area contributed by atoms with E-state index in [0.29, 0.717) is 18.1 Å². The van der Waals surface area contributed by atoms with Gasteiger partial charge in [0.25, 0.3) is 0 Å². The van der Waals surface area contributed by atoms with Crippen molar-refractivity contribution < 1.29 is 33.7 Å². The van der Waals surface area contributed by atoms with Gasteiger partial charge in [0.2, 0.25) is 5.91 Å². The van der Waals surface area contributed by atoms with E-state index in [4.69, 9.17) is 14.2 Å². The molecule has 0 heterocycles. The van der Waals surface area contributed by atoms with Gasteiger partial charge < -0.3 is 30.0 Å². The number of anilines is 1. The molecule has 1 aliphatic rings. The number of carboxylic acid groups (broad SMARTS) is 1. The number of nitrogens with one attached hydrogen (secondary N) is 2. The summed E-state index contributed by atoms with van der Waals surface area (Å²) >= 11 is 0. The molecule has 0 bridgehead atoms. The quantitative estimate of drug-likeness (QED) is 0.302. The minimum atomic E-state index is -1.10. The molecule has 9 heteroatoms. The largest absolute Gasteiger partial charge is 0.490 e. The van der Waals surface area contributed by atoms with Gasteiger partial charge in [-0.05, 0) is 86.7 Å². The zero-order valence-corrected chi connectivity index (χ0v) is 21.7. The van der Waals surface area contributed by atoms with E-state index < -0.39 is 5.97 Å². The monoisotopic (exact) mass is 532 g/mol. The summed E-state index contributed by atoms with van der Waals surface area (Å²) in [7, 11) is 0. The Morgan fingerprint density at radius 3 is 2.10 bits per heavy atom. The number of rotatable bonds is 10. The standard InChI is InChI=1S/C30H32N2O7/c1-2-37-30(36)31-21-9-13-23(14-10-21)39-25-17-15-24(16-18-25)38-22-11-7-20(8-12-22)19-28(33)32-27-6-4-3-5-26(27)29(34)35/h3-8,11-12,15-18,21,23H,2,9-10,13-14,19H2,1H3,(H,31,36)(H,32,33)(H,34,35). The van der Waals surface area contributed by atoms with Gasteiger partial charge in [-0.1, -0.05) is 24.3 Å². The average molecular weight is 533 g/mol. The number of ether oxygens (including phenoxy) is 3. The van der Waals surface area contributed by atoms with E-state index in [1.807, 2.05) is 24.3 Å². The number of amides is 2. The summed E-state index contributed by atoms with van der Waals surface area (Å²) in [6.45, 7) is 2.15. The van der Waals surface area contributed by atoms with E-state index in [2.05, 4.69) is 10.6 Å². The molecule has 0 aliphatic heterocycles. The summed E-state index contributed by atoms with van der Waals surface area (Å²) in [5.41, 5.74) is 1.08. The van der Waals surface area contributed by atoms with Gasteiger partial charge in [-0.2, -0.15) is 0 Å². The Kier molecular flexibility index (Phi) is 9.39. The molecule has 0 atom stereocenters. The second-order valence-corrected chi connectivity index (χ2v) is 9.25. The van der Waals surface area contributed by atoms with Crippen molar-refractivity contribution in [1.29, 1.82) is 0 Å². The van der Waals surface area contributed by atoms with Crippen LogP contribution >= 0.6 is 0 Å². The molecule has 204 valence electrons. The molecule has 0 aromatic heterocycles. The Morgan fingerprint density at radius 2 is 1.46 bits per heavy atom. The Bertz CT molecular complexity index is 1270. The van der Waals surface area contributed by atoms with Gasteiger partial charge in [0, 0.05) is 6.04 Å². The molecule has 39 heavy (non-hydrogen) atoms. The van der Waals surface area contributed by atoms with Gasteiger partial charge in [0.1, 0.15) is 17.2 Å². The molecule has 1 fully saturated rings. The molecule has 9 nitrogen and oxygen atoms in total. The van der Waals surface area contributed by atoms with Crippen LogP contribution in [0.1, 0.15) is 48.5 Å². The van der Waals surface area contributed by atoms with Crippen LogP contribution in [0.2, 0.25) is 0 Å². The molecule has 3 aromatic rings. The Balaban J connectivity index is 1.23. The highest BCUT2D eigenvalue weighted by Crippen LogP contribution is 2.28. The Morgan fingerprint density at radius 1 is 0.846 bits per heavy atom. The highest BCUT2D eigenvalue weighted by molar-refractivity contribution is 6.01. The first-order valence-electron chi connectivity index (χ1n) is 13.0. The highest BCUT2D eigenvalue weighted by Gasteiger charge is 2.24. The molecule has 1 aliphatic carbocycles. The first-order chi connectivity index (χ1) is 18.9. The SMILES string of the molecule is CCOC(=O)NC1CCC(Oc2ccc(Oc3ccc(CC(=O)Nc4ccccc4C(=O)O)cc3)cc2)CC1. The first-order valence-corrected chi connectivity index (χ1v) is 13.0. The van der Waals surface area contributed by atoms with Gasteiger partial charge in [-0.15, -0.1) is 0 Å². The third-order valence-electron chi connectivity index (χ3n) is 6.35. The summed E-state index contributed by atoms with van der Waals surface area (Å²) in [6.07, 6.45) is 3.23. The molecule has 0 spiro atoms. The minimum Gasteiger partial charge on any atom is -0.490 e. The van der Waals surface area contributed by atoms with Crippen molar-refractivity contribution in [3.8, 4) is 17.2 Å². The van der Waals surface area contributed by atoms with E-state index in [0.717, 1.165) is 37.0 Å². The number of carbonyl (C=O) groups is 3. The van der Waals surface area contributed by atoms with Crippen LogP contribution in [-0.2, 0) is 16.0 Å². The summed E-state index contributed by atoms with van der Waals surface area (Å²) in [5, 5.41) is 14.8. The van der Waals surface area contributed by atoms with Gasteiger partial charge in [0.15, 0.2) is 0 Å². The maximum Gasteiger partial charge on any atom is 0.407 e. The van der Waals surface area contributed by atoms with Crippen LogP contribution in [0.4, 0.5) is 10.5 Å². The van der Waals surface area contributed by atoms with Crippen molar-refractivity contribution in [2.24, 2.45) is 0 Å². The number of carbonyl (C=O) groups excluding carboxylic acids is 2. The minimum absolute atomic E-state index is 0.0433. The number of alkyl carbamates (subject to hydrolysis) is 1. The number of carboxylic acids is 1. The van der Waals surface area contributed by atoms with E-state index in [1.54, 1.807) is 49.4 Å². The third kappa shape index (κ3) is 8.23. The van der Waals surface area contributed by atoms with Crippen molar-refractivity contribution in [2.45, 2.75) is 51.2 Å². The van der Waals surface area contributed by atoms with E-state index in [1.165, 1.54) is 6.07 Å². The first kappa shape index (κ1) is 27.5. The predicted octanol–water partition coefficient (Wildman–Crippen LogP) is 5.79. The second kappa shape index (κ2) is 13.3. The zero-order chi connectivity index (χ0) is 27.6. The van der Waals surface area contributed by atoms with Crippen molar-refractivity contribution in [3.63, 3.8) is 0 Å². The van der Waals surface area contributed by atoms with Crippen molar-refractivity contribution in [3.05, 3.63) is 83.9 Å². The lowest BCUT2D eigenvalue weighted by atomic mass is 9.93. The molecular formula is C30H32N2O7. The van der Waals surface area contributed by atoms with Gasteiger partial charge >= 0.3 is 12.1 Å². The number of aromatic carboxylic acids is 1. The molecule has 0 radical (unpaired) electrons. The normalized spacial score (nSPS) is 16.5.